The molecule has 27 heavy (non-hydrogen) atoms. The molecule has 1 aliphatic heterocycles. The Morgan fingerprint density at radius 2 is 1.85 bits per heavy atom. The van der Waals surface area contributed by atoms with Crippen molar-refractivity contribution < 1.29 is 14.3 Å². The normalized spacial score (nSPS) is 16.3. The number of carbonyl (C=O) groups excluding carboxylic acids is 2. The molecule has 0 aromatic heterocycles. The molecule has 0 bridgehead atoms. The van der Waals surface area contributed by atoms with Crippen LogP contribution in [0.15, 0.2) is 54.6 Å². The van der Waals surface area contributed by atoms with Crippen molar-refractivity contribution in [2.45, 2.75) is 25.4 Å². The molecule has 0 aliphatic carbocycles. The van der Waals surface area contributed by atoms with Gasteiger partial charge in [-0.3, -0.25) is 4.79 Å². The Morgan fingerprint density at radius 1 is 1.11 bits per heavy atom. The van der Waals surface area contributed by atoms with Gasteiger partial charge < -0.3 is 20.3 Å². The number of benzene rings is 2. The lowest BCUT2D eigenvalue weighted by Crippen LogP contribution is -2.43. The largest absolute Gasteiger partial charge is 0.497 e. The topological polar surface area (TPSA) is 70.7 Å². The number of amides is 3. The van der Waals surface area contributed by atoms with Gasteiger partial charge in [0.1, 0.15) is 5.75 Å². The van der Waals surface area contributed by atoms with E-state index in [-0.39, 0.29) is 18.0 Å². The molecule has 0 spiro atoms. The first-order valence-electron chi connectivity index (χ1n) is 9.13. The molecule has 6 nitrogen and oxygen atoms in total. The van der Waals surface area contributed by atoms with Crippen LogP contribution in [0.5, 0.6) is 5.75 Å². The van der Waals surface area contributed by atoms with Crippen molar-refractivity contribution in [3.05, 3.63) is 65.7 Å². The molecule has 2 aromatic rings. The number of hydrogen-bond acceptors (Lipinski definition) is 3. The molecule has 1 aliphatic rings. The van der Waals surface area contributed by atoms with Crippen LogP contribution in [0.25, 0.3) is 0 Å². The fourth-order valence-electron chi connectivity index (χ4n) is 3.17. The average Bonchev–Trinajstić information content (AvgIpc) is 3.02. The Kier molecular flexibility index (Phi) is 6.30. The number of carbonyl (C=O) groups is 2. The van der Waals surface area contributed by atoms with Gasteiger partial charge in [-0.2, -0.15) is 0 Å². The molecule has 1 saturated heterocycles. The standard InChI is InChI=1S/C21H25N3O3/c1-27-19-9-7-16(8-10-19)11-12-22-21(26)23-18-13-20(25)24(15-18)14-17-5-3-2-4-6-17/h2-10,18H,11-15H2,1H3,(H2,22,23,26). The van der Waals surface area contributed by atoms with Crippen molar-refractivity contribution >= 4 is 11.9 Å². The van der Waals surface area contributed by atoms with Crippen LogP contribution in [0, 0.1) is 0 Å². The van der Waals surface area contributed by atoms with E-state index in [0.29, 0.717) is 26.1 Å². The summed E-state index contributed by atoms with van der Waals surface area (Å²) in [4.78, 5) is 26.0. The number of nitrogens with zero attached hydrogens (tertiary/aromatic N) is 1. The lowest BCUT2D eigenvalue weighted by Gasteiger charge is -2.17. The second kappa shape index (κ2) is 9.07. The van der Waals surface area contributed by atoms with E-state index in [2.05, 4.69) is 10.6 Å². The third-order valence-corrected chi connectivity index (χ3v) is 4.62. The Balaban J connectivity index is 1.39. The summed E-state index contributed by atoms with van der Waals surface area (Å²) in [5.41, 5.74) is 2.22. The lowest BCUT2D eigenvalue weighted by molar-refractivity contribution is -0.128. The SMILES string of the molecule is COc1ccc(CCNC(=O)NC2CC(=O)N(Cc3ccccc3)C2)cc1. The number of urea groups is 1. The van der Waals surface area contributed by atoms with Crippen LogP contribution in [0.1, 0.15) is 17.5 Å². The maximum Gasteiger partial charge on any atom is 0.315 e. The summed E-state index contributed by atoms with van der Waals surface area (Å²) in [6.07, 6.45) is 1.08. The summed E-state index contributed by atoms with van der Waals surface area (Å²) in [5, 5.41) is 5.75. The van der Waals surface area contributed by atoms with Crippen LogP contribution < -0.4 is 15.4 Å². The van der Waals surface area contributed by atoms with Gasteiger partial charge in [0.2, 0.25) is 5.91 Å². The Labute approximate surface area is 159 Å². The third kappa shape index (κ3) is 5.48. The van der Waals surface area contributed by atoms with E-state index in [1.807, 2.05) is 54.6 Å². The van der Waals surface area contributed by atoms with Gasteiger partial charge in [-0.1, -0.05) is 42.5 Å². The Bertz CT molecular complexity index is 762. The summed E-state index contributed by atoms with van der Waals surface area (Å²) in [6.45, 7) is 1.66. The number of hydrogen-bond donors (Lipinski definition) is 2. The zero-order valence-electron chi connectivity index (χ0n) is 15.5. The minimum Gasteiger partial charge on any atom is -0.497 e. The molecule has 1 fully saturated rings. The minimum atomic E-state index is -0.233. The van der Waals surface area contributed by atoms with Gasteiger partial charge in [0.25, 0.3) is 0 Å². The molecule has 142 valence electrons. The fraction of sp³-hybridized carbons (Fsp3) is 0.333. The van der Waals surface area contributed by atoms with E-state index in [4.69, 9.17) is 4.74 Å². The van der Waals surface area contributed by atoms with Crippen molar-refractivity contribution in [3.63, 3.8) is 0 Å². The number of rotatable bonds is 7. The molecule has 3 rings (SSSR count). The molecule has 2 N–H and O–H groups in total. The lowest BCUT2D eigenvalue weighted by atomic mass is 10.1. The van der Waals surface area contributed by atoms with E-state index in [1.165, 1.54) is 0 Å². The van der Waals surface area contributed by atoms with Crippen molar-refractivity contribution in [3.8, 4) is 5.75 Å². The predicted octanol–water partition coefficient (Wildman–Crippen LogP) is 2.34. The Hall–Kier alpha value is -3.02. The van der Waals surface area contributed by atoms with E-state index in [1.54, 1.807) is 12.0 Å². The maximum absolute atomic E-state index is 12.2. The highest BCUT2D eigenvalue weighted by atomic mass is 16.5. The zero-order chi connectivity index (χ0) is 19.1. The Morgan fingerprint density at radius 3 is 2.56 bits per heavy atom. The third-order valence-electron chi connectivity index (χ3n) is 4.62. The van der Waals surface area contributed by atoms with Crippen LogP contribution in [0.2, 0.25) is 0 Å². The van der Waals surface area contributed by atoms with Gasteiger partial charge in [0, 0.05) is 26.1 Å². The smallest absolute Gasteiger partial charge is 0.315 e. The highest BCUT2D eigenvalue weighted by Crippen LogP contribution is 2.15. The molecular weight excluding hydrogens is 342 g/mol. The average molecular weight is 367 g/mol. The maximum atomic E-state index is 12.2. The van der Waals surface area contributed by atoms with Crippen LogP contribution in [-0.2, 0) is 17.8 Å². The summed E-state index contributed by atoms with van der Waals surface area (Å²) >= 11 is 0. The first kappa shape index (κ1) is 18.8. The molecule has 1 unspecified atom stereocenters. The van der Waals surface area contributed by atoms with Crippen LogP contribution >= 0.6 is 0 Å². The number of nitrogens with one attached hydrogen (secondary N) is 2. The number of methoxy groups -OCH3 is 1. The predicted molar refractivity (Wildman–Crippen MR) is 103 cm³/mol. The van der Waals surface area contributed by atoms with Crippen LogP contribution in [-0.4, -0.2) is 43.1 Å². The summed E-state index contributed by atoms with van der Waals surface area (Å²) in [7, 11) is 1.63. The molecular formula is C21H25N3O3. The second-order valence-corrected chi connectivity index (χ2v) is 6.66. The molecule has 0 saturated carbocycles. The molecule has 3 amide bonds. The minimum absolute atomic E-state index is 0.0717. The molecule has 1 atom stereocenters. The second-order valence-electron chi connectivity index (χ2n) is 6.66. The highest BCUT2D eigenvalue weighted by molar-refractivity contribution is 5.81. The fourth-order valence-corrected chi connectivity index (χ4v) is 3.17. The van der Waals surface area contributed by atoms with Crippen LogP contribution in [0.4, 0.5) is 4.79 Å². The first-order valence-corrected chi connectivity index (χ1v) is 9.13. The van der Waals surface area contributed by atoms with Gasteiger partial charge in [-0.25, -0.2) is 4.79 Å². The molecule has 0 radical (unpaired) electrons. The van der Waals surface area contributed by atoms with Gasteiger partial charge >= 0.3 is 6.03 Å². The summed E-state index contributed by atoms with van der Waals surface area (Å²) < 4.78 is 5.13. The van der Waals surface area contributed by atoms with E-state index < -0.39 is 0 Å². The quantitative estimate of drug-likeness (QED) is 0.789. The van der Waals surface area contributed by atoms with Gasteiger partial charge in [-0.05, 0) is 29.7 Å². The van der Waals surface area contributed by atoms with E-state index >= 15 is 0 Å². The molecule has 2 aromatic carbocycles. The van der Waals surface area contributed by atoms with Crippen molar-refractivity contribution in [1.82, 2.24) is 15.5 Å². The van der Waals surface area contributed by atoms with Crippen LogP contribution in [0.3, 0.4) is 0 Å². The number of likely N-dealkylation sites (tertiary alicyclic amines) is 1. The number of ether oxygens (including phenoxy) is 1. The monoisotopic (exact) mass is 367 g/mol. The van der Waals surface area contributed by atoms with Crippen molar-refractivity contribution in [1.29, 1.82) is 0 Å². The van der Waals surface area contributed by atoms with Crippen molar-refractivity contribution in [2.75, 3.05) is 20.2 Å². The van der Waals surface area contributed by atoms with Gasteiger partial charge in [-0.15, -0.1) is 0 Å². The first-order chi connectivity index (χ1) is 13.1. The van der Waals surface area contributed by atoms with Gasteiger partial charge in [0.05, 0.1) is 13.2 Å². The van der Waals surface area contributed by atoms with Gasteiger partial charge in [0.15, 0.2) is 0 Å². The van der Waals surface area contributed by atoms with Crippen molar-refractivity contribution in [2.24, 2.45) is 0 Å². The van der Waals surface area contributed by atoms with E-state index in [0.717, 1.165) is 23.3 Å². The highest BCUT2D eigenvalue weighted by Gasteiger charge is 2.30. The molecule has 1 heterocycles. The zero-order valence-corrected chi connectivity index (χ0v) is 15.5. The van der Waals surface area contributed by atoms with E-state index in [9.17, 15) is 9.59 Å². The molecule has 6 heteroatoms. The summed E-state index contributed by atoms with van der Waals surface area (Å²) in [5.74, 6) is 0.887. The summed E-state index contributed by atoms with van der Waals surface area (Å²) in [6, 6.07) is 17.3.